The van der Waals surface area contributed by atoms with Gasteiger partial charge >= 0.3 is 0 Å². The third-order valence-corrected chi connectivity index (χ3v) is 2.12. The first kappa shape index (κ1) is 9.23. The minimum absolute atomic E-state index is 0.0389. The molecule has 1 aromatic heterocycles. The molecule has 5 heteroatoms. The number of anilines is 1. The Kier molecular flexibility index (Phi) is 2.51. The zero-order valence-corrected chi connectivity index (χ0v) is 7.55. The van der Waals surface area contributed by atoms with Crippen molar-refractivity contribution in [3.63, 3.8) is 0 Å². The van der Waals surface area contributed by atoms with Crippen LogP contribution in [0.1, 0.15) is 0 Å². The number of amides is 1. The highest BCUT2D eigenvalue weighted by Gasteiger charge is 2.30. The smallest absolute Gasteiger partial charge is 0.255 e. The summed E-state index contributed by atoms with van der Waals surface area (Å²) in [6, 6.07) is 3.04. The molecule has 5 nitrogen and oxygen atoms in total. The van der Waals surface area contributed by atoms with Gasteiger partial charge in [0.15, 0.2) is 0 Å². The molecule has 1 amide bonds. The highest BCUT2D eigenvalue weighted by molar-refractivity contribution is 5.94. The van der Waals surface area contributed by atoms with Gasteiger partial charge in [0.25, 0.3) is 5.91 Å². The molecule has 2 rings (SSSR count). The van der Waals surface area contributed by atoms with Crippen LogP contribution in [0.5, 0.6) is 0 Å². The van der Waals surface area contributed by atoms with Gasteiger partial charge in [0.2, 0.25) is 5.88 Å². The van der Waals surface area contributed by atoms with Crippen molar-refractivity contribution in [3.05, 3.63) is 18.4 Å². The standard InChI is InChI=1S/C9H11NO4/c11-4-7-5-13-6-8(12)10(7)9-2-1-3-14-9/h1-3,7,11H,4-6H2. The van der Waals surface area contributed by atoms with Crippen molar-refractivity contribution in [1.29, 1.82) is 0 Å². The van der Waals surface area contributed by atoms with E-state index in [0.29, 0.717) is 12.5 Å². The zero-order chi connectivity index (χ0) is 9.97. The Balaban J connectivity index is 2.24. The van der Waals surface area contributed by atoms with E-state index in [1.54, 1.807) is 12.1 Å². The van der Waals surface area contributed by atoms with Crippen LogP contribution in [0.4, 0.5) is 5.88 Å². The Bertz CT molecular complexity index is 309. The zero-order valence-electron chi connectivity index (χ0n) is 7.55. The van der Waals surface area contributed by atoms with E-state index in [2.05, 4.69) is 0 Å². The molecule has 0 aromatic carbocycles. The fourth-order valence-electron chi connectivity index (χ4n) is 1.47. The van der Waals surface area contributed by atoms with Crippen molar-refractivity contribution < 1.29 is 19.1 Å². The molecule has 76 valence electrons. The molecule has 1 aromatic rings. The minimum atomic E-state index is -0.345. The number of aliphatic hydroxyl groups is 1. The monoisotopic (exact) mass is 197 g/mol. The van der Waals surface area contributed by atoms with Gasteiger partial charge in [-0.15, -0.1) is 0 Å². The third-order valence-electron chi connectivity index (χ3n) is 2.12. The highest BCUT2D eigenvalue weighted by atomic mass is 16.5. The van der Waals surface area contributed by atoms with Crippen LogP contribution in [-0.4, -0.2) is 36.9 Å². The van der Waals surface area contributed by atoms with Gasteiger partial charge in [0.1, 0.15) is 6.61 Å². The van der Waals surface area contributed by atoms with Crippen molar-refractivity contribution >= 4 is 11.8 Å². The molecule has 1 fully saturated rings. The molecule has 2 heterocycles. The summed E-state index contributed by atoms with van der Waals surface area (Å²) in [6.45, 7) is 0.243. The molecule has 0 bridgehead atoms. The molecule has 0 radical (unpaired) electrons. The predicted molar refractivity (Wildman–Crippen MR) is 47.9 cm³/mol. The molecule has 1 saturated heterocycles. The maximum absolute atomic E-state index is 11.5. The van der Waals surface area contributed by atoms with Gasteiger partial charge in [-0.3, -0.25) is 9.69 Å². The van der Waals surface area contributed by atoms with Crippen molar-refractivity contribution in [1.82, 2.24) is 0 Å². The van der Waals surface area contributed by atoms with Crippen LogP contribution in [0.15, 0.2) is 22.8 Å². The summed E-state index contributed by atoms with van der Waals surface area (Å²) in [4.78, 5) is 12.9. The molecule has 0 aliphatic carbocycles. The van der Waals surface area contributed by atoms with Crippen molar-refractivity contribution in [2.75, 3.05) is 24.7 Å². The van der Waals surface area contributed by atoms with Gasteiger partial charge in [0.05, 0.1) is 25.5 Å². The summed E-state index contributed by atoms with van der Waals surface area (Å²) in [5.74, 6) is 0.266. The van der Waals surface area contributed by atoms with Crippen LogP contribution in [0.25, 0.3) is 0 Å². The number of morpholine rings is 1. The molecule has 0 spiro atoms. The molecular weight excluding hydrogens is 186 g/mol. The number of rotatable bonds is 2. The van der Waals surface area contributed by atoms with Crippen LogP contribution in [-0.2, 0) is 9.53 Å². The normalized spacial score (nSPS) is 22.8. The first-order chi connectivity index (χ1) is 6.83. The molecule has 14 heavy (non-hydrogen) atoms. The van der Waals surface area contributed by atoms with E-state index >= 15 is 0 Å². The second kappa shape index (κ2) is 3.81. The van der Waals surface area contributed by atoms with Crippen LogP contribution >= 0.6 is 0 Å². The number of ether oxygens (including phenoxy) is 1. The Morgan fingerprint density at radius 3 is 3.14 bits per heavy atom. The lowest BCUT2D eigenvalue weighted by Crippen LogP contribution is -2.51. The van der Waals surface area contributed by atoms with Gasteiger partial charge < -0.3 is 14.3 Å². The van der Waals surface area contributed by atoms with Crippen LogP contribution in [0.3, 0.4) is 0 Å². The Labute approximate surface area is 80.9 Å². The summed E-state index contributed by atoms with van der Waals surface area (Å²) >= 11 is 0. The van der Waals surface area contributed by atoms with E-state index in [9.17, 15) is 4.79 Å². The largest absolute Gasteiger partial charge is 0.448 e. The lowest BCUT2D eigenvalue weighted by atomic mass is 10.2. The second-order valence-corrected chi connectivity index (χ2v) is 3.07. The van der Waals surface area contributed by atoms with Crippen LogP contribution in [0.2, 0.25) is 0 Å². The predicted octanol–water partition coefficient (Wildman–Crippen LogP) is 0.00370. The minimum Gasteiger partial charge on any atom is -0.448 e. The number of carbonyl (C=O) groups excluding carboxylic acids is 1. The summed E-state index contributed by atoms with van der Waals surface area (Å²) in [6.07, 6.45) is 1.49. The lowest BCUT2D eigenvalue weighted by Gasteiger charge is -2.32. The summed E-state index contributed by atoms with van der Waals surface area (Å²) in [7, 11) is 0. The van der Waals surface area contributed by atoms with E-state index < -0.39 is 0 Å². The molecular formula is C9H11NO4. The lowest BCUT2D eigenvalue weighted by molar-refractivity contribution is -0.128. The average molecular weight is 197 g/mol. The Morgan fingerprint density at radius 1 is 1.64 bits per heavy atom. The van der Waals surface area contributed by atoms with E-state index in [1.165, 1.54) is 11.2 Å². The molecule has 0 saturated carbocycles. The second-order valence-electron chi connectivity index (χ2n) is 3.07. The topological polar surface area (TPSA) is 62.9 Å². The first-order valence-electron chi connectivity index (χ1n) is 4.37. The van der Waals surface area contributed by atoms with E-state index in [-0.39, 0.29) is 25.2 Å². The van der Waals surface area contributed by atoms with Gasteiger partial charge in [-0.05, 0) is 6.07 Å². The van der Waals surface area contributed by atoms with E-state index in [4.69, 9.17) is 14.3 Å². The van der Waals surface area contributed by atoms with Gasteiger partial charge in [-0.1, -0.05) is 0 Å². The quantitative estimate of drug-likeness (QED) is 0.725. The van der Waals surface area contributed by atoms with Gasteiger partial charge in [0, 0.05) is 6.07 Å². The van der Waals surface area contributed by atoms with E-state index in [0.717, 1.165) is 0 Å². The molecule has 1 aliphatic rings. The third kappa shape index (κ3) is 1.51. The average Bonchev–Trinajstić information content (AvgIpc) is 2.70. The fourth-order valence-corrected chi connectivity index (χ4v) is 1.47. The number of hydrogen-bond donors (Lipinski definition) is 1. The SMILES string of the molecule is O=C1COCC(CO)N1c1ccco1. The number of carbonyl (C=O) groups is 1. The molecule has 1 N–H and O–H groups in total. The highest BCUT2D eigenvalue weighted by Crippen LogP contribution is 2.20. The first-order valence-corrected chi connectivity index (χ1v) is 4.37. The number of hydrogen-bond acceptors (Lipinski definition) is 4. The van der Waals surface area contributed by atoms with Gasteiger partial charge in [-0.25, -0.2) is 0 Å². The Morgan fingerprint density at radius 2 is 2.50 bits per heavy atom. The number of aliphatic hydroxyl groups excluding tert-OH is 1. The number of nitrogens with zero attached hydrogens (tertiary/aromatic N) is 1. The van der Waals surface area contributed by atoms with E-state index in [1.807, 2.05) is 0 Å². The van der Waals surface area contributed by atoms with Gasteiger partial charge in [-0.2, -0.15) is 0 Å². The maximum Gasteiger partial charge on any atom is 0.255 e. The summed E-state index contributed by atoms with van der Waals surface area (Å²) in [5.41, 5.74) is 0. The Hall–Kier alpha value is -1.33. The fraction of sp³-hybridized carbons (Fsp3) is 0.444. The summed E-state index contributed by atoms with van der Waals surface area (Å²) in [5, 5.41) is 9.06. The van der Waals surface area contributed by atoms with Crippen molar-refractivity contribution in [3.8, 4) is 0 Å². The van der Waals surface area contributed by atoms with Crippen molar-refractivity contribution in [2.45, 2.75) is 6.04 Å². The van der Waals surface area contributed by atoms with Crippen LogP contribution in [0, 0.1) is 0 Å². The maximum atomic E-state index is 11.5. The molecule has 1 atom stereocenters. The molecule has 1 unspecified atom stereocenters. The number of furan rings is 1. The molecule has 1 aliphatic heterocycles. The summed E-state index contributed by atoms with van der Waals surface area (Å²) < 4.78 is 10.1. The van der Waals surface area contributed by atoms with Crippen molar-refractivity contribution in [2.24, 2.45) is 0 Å². The van der Waals surface area contributed by atoms with Crippen LogP contribution < -0.4 is 4.90 Å².